The fourth-order valence-electron chi connectivity index (χ4n) is 1.28. The highest BCUT2D eigenvalue weighted by atomic mass is 79.9. The molecule has 7 heteroatoms. The van der Waals surface area contributed by atoms with Crippen LogP contribution >= 0.6 is 27.5 Å². The fraction of sp³-hybridized carbons (Fsp3) is 0.182. The van der Waals surface area contributed by atoms with Crippen LogP contribution in [0.5, 0.6) is 0 Å². The predicted molar refractivity (Wildman–Crippen MR) is 70.7 cm³/mol. The Balaban J connectivity index is 3.04. The quantitative estimate of drug-likeness (QED) is 0.662. The third kappa shape index (κ3) is 3.82. The summed E-state index contributed by atoms with van der Waals surface area (Å²) in [6.07, 6.45) is 2.90. The summed E-state index contributed by atoms with van der Waals surface area (Å²) in [5.41, 5.74) is 0.147. The van der Waals surface area contributed by atoms with E-state index in [1.807, 2.05) is 0 Å². The first-order valence-electron chi connectivity index (χ1n) is 4.88. The average Bonchev–Trinajstić information content (AvgIpc) is 2.30. The minimum absolute atomic E-state index is 0.0302. The largest absolute Gasteiger partial charge is 0.480 e. The van der Waals surface area contributed by atoms with Crippen molar-refractivity contribution in [2.75, 3.05) is 13.1 Å². The number of carboxylic acid groups (broad SMARTS) is 1. The van der Waals surface area contributed by atoms with Crippen molar-refractivity contribution in [2.24, 2.45) is 0 Å². The molecule has 5 nitrogen and oxygen atoms in total. The van der Waals surface area contributed by atoms with Gasteiger partial charge in [-0.25, -0.2) is 4.98 Å². The summed E-state index contributed by atoms with van der Waals surface area (Å²) in [6.45, 7) is 3.18. The molecule has 1 aromatic rings. The van der Waals surface area contributed by atoms with E-state index in [1.54, 1.807) is 0 Å². The van der Waals surface area contributed by atoms with E-state index in [-0.39, 0.29) is 17.3 Å². The van der Waals surface area contributed by atoms with Crippen LogP contribution in [0.3, 0.4) is 0 Å². The van der Waals surface area contributed by atoms with Gasteiger partial charge in [-0.3, -0.25) is 9.59 Å². The lowest BCUT2D eigenvalue weighted by atomic mass is 10.2. The Bertz CT molecular complexity index is 493. The van der Waals surface area contributed by atoms with Crippen LogP contribution in [0.4, 0.5) is 0 Å². The number of carboxylic acids is 1. The van der Waals surface area contributed by atoms with Crippen molar-refractivity contribution in [3.05, 3.63) is 40.1 Å². The number of aliphatic carboxylic acids is 1. The molecule has 1 amide bonds. The maximum atomic E-state index is 12.1. The van der Waals surface area contributed by atoms with Crippen molar-refractivity contribution in [1.29, 1.82) is 0 Å². The summed E-state index contributed by atoms with van der Waals surface area (Å²) in [5, 5.41) is 8.77. The molecule has 0 spiro atoms. The number of pyridine rings is 1. The number of aromatic nitrogens is 1. The molecule has 96 valence electrons. The summed E-state index contributed by atoms with van der Waals surface area (Å²) in [5.74, 6) is -1.61. The van der Waals surface area contributed by atoms with Gasteiger partial charge < -0.3 is 10.0 Å². The molecule has 0 saturated carbocycles. The lowest BCUT2D eigenvalue weighted by Gasteiger charge is -2.19. The highest BCUT2D eigenvalue weighted by molar-refractivity contribution is 9.10. The Labute approximate surface area is 117 Å². The molecule has 0 bridgehead atoms. The second-order valence-corrected chi connectivity index (χ2v) is 4.63. The maximum Gasteiger partial charge on any atom is 0.323 e. The zero-order valence-corrected chi connectivity index (χ0v) is 11.6. The maximum absolute atomic E-state index is 12.1. The molecule has 0 aliphatic rings. The van der Waals surface area contributed by atoms with Gasteiger partial charge >= 0.3 is 5.97 Å². The summed E-state index contributed by atoms with van der Waals surface area (Å²) in [6, 6.07) is 1.50. The van der Waals surface area contributed by atoms with Crippen molar-refractivity contribution in [3.8, 4) is 0 Å². The minimum atomic E-state index is -1.11. The van der Waals surface area contributed by atoms with Crippen LogP contribution < -0.4 is 0 Å². The van der Waals surface area contributed by atoms with Gasteiger partial charge in [-0.2, -0.15) is 0 Å². The van der Waals surface area contributed by atoms with E-state index < -0.39 is 18.4 Å². The molecule has 1 rings (SSSR count). The van der Waals surface area contributed by atoms with Gasteiger partial charge in [0.1, 0.15) is 11.7 Å². The number of hydrogen-bond acceptors (Lipinski definition) is 3. The van der Waals surface area contributed by atoms with Crippen molar-refractivity contribution < 1.29 is 14.7 Å². The number of halogens is 2. The average molecular weight is 334 g/mol. The van der Waals surface area contributed by atoms with Gasteiger partial charge in [0.25, 0.3) is 5.91 Å². The monoisotopic (exact) mass is 332 g/mol. The van der Waals surface area contributed by atoms with Crippen molar-refractivity contribution in [3.63, 3.8) is 0 Å². The third-order valence-corrected chi connectivity index (χ3v) is 2.73. The van der Waals surface area contributed by atoms with E-state index >= 15 is 0 Å². The van der Waals surface area contributed by atoms with E-state index in [1.165, 1.54) is 18.3 Å². The predicted octanol–water partition coefficient (Wildman–Crippen LogP) is 2.21. The minimum Gasteiger partial charge on any atom is -0.480 e. The molecule has 1 aromatic heterocycles. The number of carbonyl (C=O) groups excluding carboxylic acids is 1. The second-order valence-electron chi connectivity index (χ2n) is 3.36. The van der Waals surface area contributed by atoms with Crippen molar-refractivity contribution in [1.82, 2.24) is 9.88 Å². The number of nitrogens with zero attached hydrogens (tertiary/aromatic N) is 2. The fourth-order valence-corrected chi connectivity index (χ4v) is 1.80. The number of hydrogen-bond donors (Lipinski definition) is 1. The summed E-state index contributed by atoms with van der Waals surface area (Å²) >= 11 is 8.99. The molecule has 1 heterocycles. The molecule has 0 fully saturated rings. The van der Waals surface area contributed by atoms with Gasteiger partial charge in [-0.1, -0.05) is 17.7 Å². The Kier molecular flexibility index (Phi) is 5.30. The van der Waals surface area contributed by atoms with E-state index in [9.17, 15) is 9.59 Å². The lowest BCUT2D eigenvalue weighted by molar-refractivity contribution is -0.137. The zero-order valence-electron chi connectivity index (χ0n) is 9.27. The van der Waals surface area contributed by atoms with Gasteiger partial charge in [0.15, 0.2) is 0 Å². The lowest BCUT2D eigenvalue weighted by Crippen LogP contribution is -2.36. The molecular weight excluding hydrogens is 323 g/mol. The van der Waals surface area contributed by atoms with Crippen LogP contribution in [-0.2, 0) is 4.79 Å². The first-order chi connectivity index (χ1) is 8.45. The van der Waals surface area contributed by atoms with Gasteiger partial charge in [0, 0.05) is 17.2 Å². The summed E-state index contributed by atoms with van der Waals surface area (Å²) in [4.78, 5) is 27.7. The normalized spacial score (nSPS) is 9.89. The van der Waals surface area contributed by atoms with E-state index in [2.05, 4.69) is 27.5 Å². The molecule has 0 unspecified atom stereocenters. The topological polar surface area (TPSA) is 70.5 Å². The Hall–Kier alpha value is -1.40. The van der Waals surface area contributed by atoms with Gasteiger partial charge in [-0.05, 0) is 22.0 Å². The van der Waals surface area contributed by atoms with Crippen LogP contribution in [0.2, 0.25) is 5.15 Å². The zero-order chi connectivity index (χ0) is 13.7. The molecule has 0 aliphatic heterocycles. The number of carbonyl (C=O) groups is 2. The molecular formula is C11H10BrClN2O3. The summed E-state index contributed by atoms with van der Waals surface area (Å²) in [7, 11) is 0. The van der Waals surface area contributed by atoms with Crippen molar-refractivity contribution >= 4 is 39.4 Å². The molecule has 0 aromatic carbocycles. The van der Waals surface area contributed by atoms with Crippen LogP contribution in [-0.4, -0.2) is 40.0 Å². The summed E-state index contributed by atoms with van der Waals surface area (Å²) < 4.78 is 0.587. The van der Waals surface area contributed by atoms with Crippen LogP contribution in [0, 0.1) is 0 Å². The van der Waals surface area contributed by atoms with Crippen molar-refractivity contribution in [2.45, 2.75) is 0 Å². The molecule has 18 heavy (non-hydrogen) atoms. The van der Waals surface area contributed by atoms with E-state index in [4.69, 9.17) is 16.7 Å². The Morgan fingerprint density at radius 2 is 2.28 bits per heavy atom. The van der Waals surface area contributed by atoms with Crippen LogP contribution in [0.25, 0.3) is 0 Å². The number of amides is 1. The SMILES string of the molecule is C=CCN(CC(=O)O)C(=O)c1cc(Br)cnc1Cl. The highest BCUT2D eigenvalue weighted by Crippen LogP contribution is 2.19. The standard InChI is InChI=1S/C11H10BrClN2O3/c1-2-3-15(6-9(16)17)11(18)8-4-7(12)5-14-10(8)13/h2,4-5H,1,3,6H2,(H,16,17). The molecule has 0 saturated heterocycles. The van der Waals surface area contributed by atoms with Crippen LogP contribution in [0.15, 0.2) is 29.4 Å². The van der Waals surface area contributed by atoms with E-state index in [0.717, 1.165) is 4.90 Å². The van der Waals surface area contributed by atoms with Gasteiger partial charge in [0.2, 0.25) is 0 Å². The van der Waals surface area contributed by atoms with Gasteiger partial charge in [0.05, 0.1) is 5.56 Å². The Morgan fingerprint density at radius 3 is 2.83 bits per heavy atom. The molecule has 0 radical (unpaired) electrons. The first kappa shape index (κ1) is 14.7. The smallest absolute Gasteiger partial charge is 0.323 e. The molecule has 0 aliphatic carbocycles. The molecule has 0 atom stereocenters. The second kappa shape index (κ2) is 6.51. The van der Waals surface area contributed by atoms with Gasteiger partial charge in [-0.15, -0.1) is 6.58 Å². The highest BCUT2D eigenvalue weighted by Gasteiger charge is 2.20. The first-order valence-corrected chi connectivity index (χ1v) is 6.05. The molecule has 1 N–H and O–H groups in total. The Morgan fingerprint density at radius 1 is 1.61 bits per heavy atom. The van der Waals surface area contributed by atoms with E-state index in [0.29, 0.717) is 4.47 Å². The number of rotatable bonds is 5. The van der Waals surface area contributed by atoms with Crippen LogP contribution in [0.1, 0.15) is 10.4 Å². The third-order valence-electron chi connectivity index (χ3n) is 2.00.